The monoisotopic (exact) mass is 431 g/mol. The van der Waals surface area contributed by atoms with Crippen LogP contribution in [0.3, 0.4) is 0 Å². The average molecular weight is 432 g/mol. The first kappa shape index (κ1) is 20.6. The minimum Gasteiger partial charge on any atom is -0.497 e. The van der Waals surface area contributed by atoms with Gasteiger partial charge in [0.25, 0.3) is 5.91 Å². The fourth-order valence-electron chi connectivity index (χ4n) is 2.33. The Kier molecular flexibility index (Phi) is 6.63. The summed E-state index contributed by atoms with van der Waals surface area (Å²) in [4.78, 5) is 24.4. The first-order valence-corrected chi connectivity index (χ1v) is 9.73. The fraction of sp³-hybridized carbons (Fsp3) is 0.158. The predicted molar refractivity (Wildman–Crippen MR) is 113 cm³/mol. The van der Waals surface area contributed by atoms with E-state index in [1.807, 2.05) is 13.0 Å². The molecule has 3 aromatic rings. The van der Waals surface area contributed by atoms with E-state index in [1.54, 1.807) is 43.5 Å². The first-order valence-electron chi connectivity index (χ1n) is 8.53. The Balaban J connectivity index is 1.53. The van der Waals surface area contributed by atoms with Crippen molar-refractivity contribution in [1.82, 2.24) is 15.5 Å². The number of rotatable bonds is 6. The molecule has 0 radical (unpaired) electrons. The van der Waals surface area contributed by atoms with Gasteiger partial charge in [0, 0.05) is 16.4 Å². The normalized spacial score (nSPS) is 10.3. The third kappa shape index (κ3) is 5.66. The quantitative estimate of drug-likeness (QED) is 0.545. The van der Waals surface area contributed by atoms with E-state index in [-0.39, 0.29) is 17.5 Å². The summed E-state index contributed by atoms with van der Waals surface area (Å²) in [5, 5.41) is 17.2. The van der Waals surface area contributed by atoms with E-state index in [2.05, 4.69) is 26.1 Å². The zero-order valence-electron chi connectivity index (χ0n) is 15.7. The van der Waals surface area contributed by atoms with Crippen molar-refractivity contribution < 1.29 is 14.3 Å². The number of urea groups is 1. The molecular weight excluding hydrogens is 414 g/mol. The number of methoxy groups -OCH3 is 1. The molecule has 0 atom stereocenters. The molecule has 0 aliphatic heterocycles. The summed E-state index contributed by atoms with van der Waals surface area (Å²) in [5.74, 6) is 0.316. The summed E-state index contributed by atoms with van der Waals surface area (Å²) in [5.41, 5.74) is 2.12. The molecule has 3 amide bonds. The Labute approximate surface area is 176 Å². The summed E-state index contributed by atoms with van der Waals surface area (Å²) < 4.78 is 5.08. The molecule has 0 aliphatic rings. The van der Waals surface area contributed by atoms with E-state index in [0.29, 0.717) is 27.2 Å². The molecule has 0 spiro atoms. The lowest BCUT2D eigenvalue weighted by molar-refractivity contribution is 0.102. The standard InChI is InChI=1S/C19H18ClN5O3S/c1-11-3-4-12(20)9-15(11)23-19(27)21-10-16-24-25-18(29-16)17(26)22-13-5-7-14(28-2)8-6-13/h3-9H,10H2,1-2H3,(H,22,26)(H2,21,23,27). The second-order valence-corrected chi connectivity index (χ2v) is 7.45. The Hall–Kier alpha value is -3.17. The summed E-state index contributed by atoms with van der Waals surface area (Å²) >= 11 is 7.05. The van der Waals surface area contributed by atoms with Crippen molar-refractivity contribution in [2.24, 2.45) is 0 Å². The summed E-state index contributed by atoms with van der Waals surface area (Å²) in [6.07, 6.45) is 0. The Morgan fingerprint density at radius 2 is 1.86 bits per heavy atom. The molecule has 2 aromatic carbocycles. The number of halogens is 1. The summed E-state index contributed by atoms with van der Waals surface area (Å²) in [7, 11) is 1.57. The van der Waals surface area contributed by atoms with Gasteiger partial charge in [0.05, 0.1) is 13.7 Å². The smallest absolute Gasteiger partial charge is 0.319 e. The van der Waals surface area contributed by atoms with Gasteiger partial charge in [-0.2, -0.15) is 0 Å². The maximum Gasteiger partial charge on any atom is 0.319 e. The summed E-state index contributed by atoms with van der Waals surface area (Å²) in [6, 6.07) is 11.8. The minimum atomic E-state index is -0.408. The number of anilines is 2. The third-order valence-corrected chi connectivity index (χ3v) is 5.01. The molecule has 0 saturated carbocycles. The zero-order valence-corrected chi connectivity index (χ0v) is 17.2. The lowest BCUT2D eigenvalue weighted by Crippen LogP contribution is -2.28. The van der Waals surface area contributed by atoms with Crippen molar-refractivity contribution >= 4 is 46.3 Å². The van der Waals surface area contributed by atoms with Crippen molar-refractivity contribution in [1.29, 1.82) is 0 Å². The number of hydrogen-bond acceptors (Lipinski definition) is 6. The number of carbonyl (C=O) groups is 2. The number of aromatic nitrogens is 2. The number of nitrogens with one attached hydrogen (secondary N) is 3. The maximum atomic E-state index is 12.3. The number of hydrogen-bond donors (Lipinski definition) is 3. The van der Waals surface area contributed by atoms with E-state index in [1.165, 1.54) is 0 Å². The fourth-order valence-corrected chi connectivity index (χ4v) is 3.17. The minimum absolute atomic E-state index is 0.138. The van der Waals surface area contributed by atoms with Crippen LogP contribution in [-0.4, -0.2) is 29.2 Å². The number of benzene rings is 2. The van der Waals surface area contributed by atoms with Gasteiger partial charge >= 0.3 is 6.03 Å². The van der Waals surface area contributed by atoms with Crippen molar-refractivity contribution in [3.63, 3.8) is 0 Å². The molecule has 0 bridgehead atoms. The highest BCUT2D eigenvalue weighted by Gasteiger charge is 2.14. The van der Waals surface area contributed by atoms with Crippen LogP contribution in [-0.2, 0) is 6.54 Å². The van der Waals surface area contributed by atoms with Crippen LogP contribution in [0.5, 0.6) is 5.75 Å². The molecule has 8 nitrogen and oxygen atoms in total. The van der Waals surface area contributed by atoms with Gasteiger partial charge in [-0.25, -0.2) is 4.79 Å². The van der Waals surface area contributed by atoms with Crippen molar-refractivity contribution in [2.75, 3.05) is 17.7 Å². The molecule has 1 heterocycles. The lowest BCUT2D eigenvalue weighted by atomic mass is 10.2. The molecule has 10 heteroatoms. The van der Waals surface area contributed by atoms with E-state index in [9.17, 15) is 9.59 Å². The van der Waals surface area contributed by atoms with Crippen molar-refractivity contribution in [3.05, 3.63) is 63.1 Å². The van der Waals surface area contributed by atoms with Crippen LogP contribution in [0.4, 0.5) is 16.2 Å². The average Bonchev–Trinajstić information content (AvgIpc) is 3.19. The molecule has 29 heavy (non-hydrogen) atoms. The molecule has 0 aliphatic carbocycles. The molecule has 0 saturated heterocycles. The van der Waals surface area contributed by atoms with Gasteiger partial charge in [0.2, 0.25) is 5.01 Å². The van der Waals surface area contributed by atoms with Gasteiger partial charge in [-0.15, -0.1) is 10.2 Å². The largest absolute Gasteiger partial charge is 0.497 e. The van der Waals surface area contributed by atoms with Crippen molar-refractivity contribution in [2.45, 2.75) is 13.5 Å². The molecule has 150 valence electrons. The molecule has 3 rings (SSSR count). The number of aryl methyl sites for hydroxylation is 1. The molecule has 0 fully saturated rings. The molecule has 1 aromatic heterocycles. The Morgan fingerprint density at radius 1 is 1.10 bits per heavy atom. The number of ether oxygens (including phenoxy) is 1. The van der Waals surface area contributed by atoms with E-state index < -0.39 is 6.03 Å². The van der Waals surface area contributed by atoms with E-state index in [0.717, 1.165) is 16.9 Å². The van der Waals surface area contributed by atoms with Crippen LogP contribution in [0.2, 0.25) is 5.02 Å². The Morgan fingerprint density at radius 3 is 2.59 bits per heavy atom. The topological polar surface area (TPSA) is 105 Å². The van der Waals surface area contributed by atoms with Gasteiger partial charge in [-0.1, -0.05) is 29.0 Å². The highest BCUT2D eigenvalue weighted by atomic mass is 35.5. The van der Waals surface area contributed by atoms with Crippen LogP contribution < -0.4 is 20.7 Å². The van der Waals surface area contributed by atoms with Crippen LogP contribution >= 0.6 is 22.9 Å². The lowest BCUT2D eigenvalue weighted by Gasteiger charge is -2.09. The maximum absolute atomic E-state index is 12.3. The van der Waals surface area contributed by atoms with Crippen LogP contribution in [0, 0.1) is 6.92 Å². The first-order chi connectivity index (χ1) is 13.9. The van der Waals surface area contributed by atoms with Gasteiger partial charge in [0.15, 0.2) is 0 Å². The third-order valence-electron chi connectivity index (χ3n) is 3.86. The van der Waals surface area contributed by atoms with Crippen LogP contribution in [0.25, 0.3) is 0 Å². The predicted octanol–water partition coefficient (Wildman–Crippen LogP) is 4.08. The highest BCUT2D eigenvalue weighted by molar-refractivity contribution is 7.13. The van der Waals surface area contributed by atoms with Crippen molar-refractivity contribution in [3.8, 4) is 5.75 Å². The molecule has 3 N–H and O–H groups in total. The van der Waals surface area contributed by atoms with Crippen LogP contribution in [0.1, 0.15) is 20.4 Å². The number of carbonyl (C=O) groups excluding carboxylic acids is 2. The van der Waals surface area contributed by atoms with Gasteiger partial charge in [-0.3, -0.25) is 4.79 Å². The molecule has 0 unspecified atom stereocenters. The van der Waals surface area contributed by atoms with Crippen LogP contribution in [0.15, 0.2) is 42.5 Å². The van der Waals surface area contributed by atoms with E-state index >= 15 is 0 Å². The highest BCUT2D eigenvalue weighted by Crippen LogP contribution is 2.20. The Bertz CT molecular complexity index is 1020. The van der Waals surface area contributed by atoms with Gasteiger partial charge < -0.3 is 20.7 Å². The SMILES string of the molecule is COc1ccc(NC(=O)c2nnc(CNC(=O)Nc3cc(Cl)ccc3C)s2)cc1. The molecular formula is C19H18ClN5O3S. The second-order valence-electron chi connectivity index (χ2n) is 5.95. The number of nitrogens with zero attached hydrogens (tertiary/aromatic N) is 2. The van der Waals surface area contributed by atoms with Gasteiger partial charge in [0.1, 0.15) is 10.8 Å². The zero-order chi connectivity index (χ0) is 20.8. The summed E-state index contributed by atoms with van der Waals surface area (Å²) in [6.45, 7) is 2.00. The second kappa shape index (κ2) is 9.35. The number of amides is 3. The van der Waals surface area contributed by atoms with E-state index in [4.69, 9.17) is 16.3 Å². The van der Waals surface area contributed by atoms with Gasteiger partial charge in [-0.05, 0) is 48.9 Å².